The molecule has 1 fully saturated rings. The molecule has 0 unspecified atom stereocenters. The normalized spacial score (nSPS) is 16.8. The Balaban J connectivity index is 1.86. The molecule has 0 aliphatic carbocycles. The Morgan fingerprint density at radius 3 is 2.63 bits per heavy atom. The van der Waals surface area contributed by atoms with E-state index in [9.17, 15) is 31.9 Å². The molecule has 0 spiro atoms. The number of H-pyrrole nitrogens is 1. The minimum absolute atomic E-state index is 0.0255. The smallest absolute Gasteiger partial charge is 0.419 e. The average Bonchev–Trinajstić information content (AvgIpc) is 3.23. The first-order chi connectivity index (χ1) is 16.5. The lowest BCUT2D eigenvalue weighted by atomic mass is 10.0. The van der Waals surface area contributed by atoms with Crippen molar-refractivity contribution in [2.75, 3.05) is 30.8 Å². The van der Waals surface area contributed by atoms with E-state index in [2.05, 4.69) is 35.6 Å². The van der Waals surface area contributed by atoms with E-state index in [4.69, 9.17) is 0 Å². The van der Waals surface area contributed by atoms with Crippen LogP contribution in [-0.4, -0.2) is 52.4 Å². The van der Waals surface area contributed by atoms with E-state index in [0.717, 1.165) is 44.8 Å². The number of nitrogens with one attached hydrogen (secondary N) is 4. The summed E-state index contributed by atoms with van der Waals surface area (Å²) in [4.78, 5) is 22.3. The Labute approximate surface area is 195 Å². The summed E-state index contributed by atoms with van der Waals surface area (Å²) in [6, 6.07) is 1.82. The van der Waals surface area contributed by atoms with Crippen molar-refractivity contribution in [1.82, 2.24) is 20.3 Å². The highest BCUT2D eigenvalue weighted by atomic mass is 19.4. The second-order valence-corrected chi connectivity index (χ2v) is 7.91. The Hall–Kier alpha value is -3.52. The Bertz CT molecular complexity index is 1230. The van der Waals surface area contributed by atoms with E-state index in [-0.39, 0.29) is 28.5 Å². The summed E-state index contributed by atoms with van der Waals surface area (Å²) >= 11 is 0. The number of carbonyl (C=O) groups is 1. The van der Waals surface area contributed by atoms with Gasteiger partial charge in [-0.25, -0.2) is 14.8 Å². The molecule has 5 N–H and O–H groups in total. The molecule has 1 aliphatic rings. The summed E-state index contributed by atoms with van der Waals surface area (Å²) in [5.41, 5.74) is -3.38. The lowest BCUT2D eigenvalue weighted by Gasteiger charge is -2.24. The molecule has 9 nitrogen and oxygen atoms in total. The topological polar surface area (TPSA) is 124 Å². The molecule has 3 heterocycles. The van der Waals surface area contributed by atoms with Crippen molar-refractivity contribution < 1.29 is 36.6 Å². The first-order valence-corrected chi connectivity index (χ1v) is 10.5. The van der Waals surface area contributed by atoms with Crippen LogP contribution in [0.15, 0.2) is 24.5 Å². The maximum atomic E-state index is 13.8. The van der Waals surface area contributed by atoms with Crippen LogP contribution in [0.1, 0.15) is 24.0 Å². The van der Waals surface area contributed by atoms with Crippen LogP contribution in [0.5, 0.6) is 0 Å². The molecular formula is C21H21F5N6O3. The van der Waals surface area contributed by atoms with Gasteiger partial charge in [0, 0.05) is 35.9 Å². The number of piperidine rings is 1. The van der Waals surface area contributed by atoms with Gasteiger partial charge in [0.25, 0.3) is 0 Å². The zero-order chi connectivity index (χ0) is 25.4. The SMILES string of the molecule is COC(=O)Nc1c(C(O)(F)F)ccc2c(-c3nc(N[C@H]4CCCNC4)ncc3C(F)(F)F)c[nH]c12. The molecule has 3 aromatic rings. The number of amides is 1. The number of benzene rings is 1. The van der Waals surface area contributed by atoms with E-state index in [1.54, 1.807) is 0 Å². The van der Waals surface area contributed by atoms with Crippen LogP contribution in [-0.2, 0) is 17.0 Å². The van der Waals surface area contributed by atoms with Crippen molar-refractivity contribution in [1.29, 1.82) is 0 Å². The van der Waals surface area contributed by atoms with Crippen LogP contribution in [0.3, 0.4) is 0 Å². The minimum Gasteiger partial charge on any atom is -0.453 e. The number of rotatable bonds is 5. The van der Waals surface area contributed by atoms with Gasteiger partial charge in [-0.05, 0) is 25.5 Å². The standard InChI is InChI=1S/C21H21F5N6O3/c1-35-19(33)32-17-13(21(25,26)34)5-4-11-12(8-28-16(11)17)15-14(20(22,23)24)9-29-18(31-15)30-10-3-2-6-27-7-10/h4-5,8-10,27-28,34H,2-3,6-7H2,1H3,(H,32,33)(H,29,30,31)/t10-/m0/s1. The molecule has 188 valence electrons. The summed E-state index contributed by atoms with van der Waals surface area (Å²) in [7, 11) is 0.999. The number of anilines is 2. The molecule has 2 aromatic heterocycles. The second kappa shape index (κ2) is 9.26. The number of hydrogen-bond acceptors (Lipinski definition) is 7. The summed E-state index contributed by atoms with van der Waals surface area (Å²) < 4.78 is 73.5. The third kappa shape index (κ3) is 5.12. The summed E-state index contributed by atoms with van der Waals surface area (Å²) in [6.07, 6.45) is -6.83. The molecular weight excluding hydrogens is 479 g/mol. The quantitative estimate of drug-likeness (QED) is 0.335. The zero-order valence-corrected chi connectivity index (χ0v) is 18.3. The highest BCUT2D eigenvalue weighted by molar-refractivity contribution is 6.06. The van der Waals surface area contributed by atoms with Crippen LogP contribution in [0.2, 0.25) is 0 Å². The monoisotopic (exact) mass is 500 g/mol. The molecule has 14 heteroatoms. The summed E-state index contributed by atoms with van der Waals surface area (Å²) in [5.74, 6) is -0.0255. The number of ether oxygens (including phenoxy) is 1. The largest absolute Gasteiger partial charge is 0.453 e. The molecule has 1 aliphatic heterocycles. The third-order valence-electron chi connectivity index (χ3n) is 5.57. The molecule has 1 amide bonds. The van der Waals surface area contributed by atoms with Gasteiger partial charge in [-0.3, -0.25) is 5.32 Å². The van der Waals surface area contributed by atoms with Crippen molar-refractivity contribution >= 4 is 28.6 Å². The molecule has 35 heavy (non-hydrogen) atoms. The van der Waals surface area contributed by atoms with Crippen molar-refractivity contribution in [3.63, 3.8) is 0 Å². The number of carbonyl (C=O) groups excluding carboxylic acids is 1. The van der Waals surface area contributed by atoms with Gasteiger partial charge in [0.2, 0.25) is 5.95 Å². The number of aromatic amines is 1. The number of fused-ring (bicyclic) bond motifs is 1. The number of methoxy groups -OCH3 is 1. The van der Waals surface area contributed by atoms with Gasteiger partial charge in [-0.2, -0.15) is 22.0 Å². The third-order valence-corrected chi connectivity index (χ3v) is 5.57. The van der Waals surface area contributed by atoms with Gasteiger partial charge in [-0.1, -0.05) is 6.07 Å². The van der Waals surface area contributed by atoms with E-state index in [1.807, 2.05) is 0 Å². The first-order valence-electron chi connectivity index (χ1n) is 10.5. The van der Waals surface area contributed by atoms with Crippen LogP contribution in [0, 0.1) is 0 Å². The van der Waals surface area contributed by atoms with E-state index >= 15 is 0 Å². The molecule has 0 saturated carbocycles. The predicted octanol–water partition coefficient (Wildman–Crippen LogP) is 4.03. The lowest BCUT2D eigenvalue weighted by Crippen LogP contribution is -2.38. The van der Waals surface area contributed by atoms with E-state index in [0.29, 0.717) is 12.7 Å². The molecule has 1 atom stereocenters. The summed E-state index contributed by atoms with van der Waals surface area (Å²) in [5, 5.41) is 17.6. The number of halogens is 5. The fraction of sp³-hybridized carbons (Fsp3) is 0.381. The van der Waals surface area contributed by atoms with Gasteiger partial charge in [-0.15, -0.1) is 0 Å². The van der Waals surface area contributed by atoms with E-state index < -0.39 is 40.9 Å². The second-order valence-electron chi connectivity index (χ2n) is 7.91. The van der Waals surface area contributed by atoms with Gasteiger partial charge in [0.1, 0.15) is 5.56 Å². The van der Waals surface area contributed by atoms with Gasteiger partial charge in [0.15, 0.2) is 0 Å². The summed E-state index contributed by atoms with van der Waals surface area (Å²) in [6.45, 7) is 1.43. The molecule has 1 aromatic carbocycles. The fourth-order valence-corrected chi connectivity index (χ4v) is 3.95. The average molecular weight is 500 g/mol. The van der Waals surface area contributed by atoms with Crippen molar-refractivity contribution in [2.24, 2.45) is 0 Å². The molecule has 1 saturated heterocycles. The Morgan fingerprint density at radius 1 is 1.23 bits per heavy atom. The number of hydrogen-bond donors (Lipinski definition) is 5. The van der Waals surface area contributed by atoms with Crippen LogP contribution in [0.25, 0.3) is 22.2 Å². The maximum absolute atomic E-state index is 13.8. The fourth-order valence-electron chi connectivity index (χ4n) is 3.95. The van der Waals surface area contributed by atoms with Gasteiger partial charge < -0.3 is 25.5 Å². The molecule has 4 rings (SSSR count). The van der Waals surface area contributed by atoms with Crippen molar-refractivity contribution in [2.45, 2.75) is 31.2 Å². The highest BCUT2D eigenvalue weighted by Crippen LogP contribution is 2.42. The Kier molecular flexibility index (Phi) is 6.51. The number of aromatic nitrogens is 3. The molecule has 0 bridgehead atoms. The lowest BCUT2D eigenvalue weighted by molar-refractivity contribution is -0.208. The highest BCUT2D eigenvalue weighted by Gasteiger charge is 2.37. The van der Waals surface area contributed by atoms with Crippen LogP contribution < -0.4 is 16.0 Å². The Morgan fingerprint density at radius 2 is 2.00 bits per heavy atom. The van der Waals surface area contributed by atoms with Crippen LogP contribution in [0.4, 0.5) is 38.4 Å². The van der Waals surface area contributed by atoms with Crippen molar-refractivity contribution in [3.05, 3.63) is 35.7 Å². The number of aliphatic hydroxyl groups is 1. The molecule has 0 radical (unpaired) electrons. The van der Waals surface area contributed by atoms with Crippen LogP contribution >= 0.6 is 0 Å². The first kappa shape index (κ1) is 24.6. The maximum Gasteiger partial charge on any atom is 0.419 e. The predicted molar refractivity (Wildman–Crippen MR) is 116 cm³/mol. The van der Waals surface area contributed by atoms with Crippen molar-refractivity contribution in [3.8, 4) is 11.3 Å². The van der Waals surface area contributed by atoms with Gasteiger partial charge in [0.05, 0.1) is 29.6 Å². The number of alkyl halides is 5. The van der Waals surface area contributed by atoms with E-state index in [1.165, 1.54) is 0 Å². The minimum atomic E-state index is -4.81. The van der Waals surface area contributed by atoms with Gasteiger partial charge >= 0.3 is 18.4 Å². The number of nitrogens with zero attached hydrogens (tertiary/aromatic N) is 2. The zero-order valence-electron chi connectivity index (χ0n) is 18.3.